The van der Waals surface area contributed by atoms with Gasteiger partial charge in [-0.1, -0.05) is 24.3 Å². The van der Waals surface area contributed by atoms with E-state index >= 15 is 0 Å². The molecule has 26 heavy (non-hydrogen) atoms. The van der Waals surface area contributed by atoms with Crippen LogP contribution in [-0.2, 0) is 9.84 Å². The van der Waals surface area contributed by atoms with Crippen LogP contribution in [0.1, 0.15) is 23.2 Å². The van der Waals surface area contributed by atoms with Crippen molar-refractivity contribution < 1.29 is 13.2 Å². The molecular formula is C20H24N2O3S. The molecule has 2 aromatic rings. The van der Waals surface area contributed by atoms with Gasteiger partial charge >= 0.3 is 0 Å². The Balaban J connectivity index is 1.80. The quantitative estimate of drug-likeness (QED) is 0.810. The van der Waals surface area contributed by atoms with E-state index in [9.17, 15) is 13.2 Å². The number of carbonyl (C=O) groups excluding carboxylic acids is 1. The normalized spacial score (nSPS) is 17.3. The van der Waals surface area contributed by atoms with Crippen molar-refractivity contribution in [3.05, 3.63) is 60.2 Å². The first-order chi connectivity index (χ1) is 12.4. The number of benzene rings is 2. The third-order valence-electron chi connectivity index (χ3n) is 4.76. The van der Waals surface area contributed by atoms with Crippen LogP contribution in [-0.4, -0.2) is 51.7 Å². The van der Waals surface area contributed by atoms with E-state index in [-0.39, 0.29) is 17.7 Å². The summed E-state index contributed by atoms with van der Waals surface area (Å²) in [6.07, 6.45) is 1.54. The first-order valence-corrected chi connectivity index (χ1v) is 10.4. The average Bonchev–Trinajstić information content (AvgIpc) is 3.09. The second-order valence-electron chi connectivity index (χ2n) is 6.83. The zero-order valence-corrected chi connectivity index (χ0v) is 15.9. The van der Waals surface area contributed by atoms with Gasteiger partial charge in [0.2, 0.25) is 0 Å². The summed E-state index contributed by atoms with van der Waals surface area (Å²) in [7, 11) is 0.435. The summed E-state index contributed by atoms with van der Waals surface area (Å²) in [4.78, 5) is 16.9. The lowest BCUT2D eigenvalue weighted by Crippen LogP contribution is -2.39. The van der Waals surface area contributed by atoms with E-state index in [1.165, 1.54) is 0 Å². The van der Waals surface area contributed by atoms with E-state index in [1.807, 2.05) is 37.2 Å². The van der Waals surface area contributed by atoms with Crippen LogP contribution in [0.15, 0.2) is 59.5 Å². The van der Waals surface area contributed by atoms with Gasteiger partial charge < -0.3 is 9.80 Å². The molecule has 5 nitrogen and oxygen atoms in total. The molecule has 3 rings (SSSR count). The maximum Gasteiger partial charge on any atom is 0.254 e. The fourth-order valence-electron chi connectivity index (χ4n) is 3.34. The van der Waals surface area contributed by atoms with Crippen LogP contribution < -0.4 is 4.90 Å². The van der Waals surface area contributed by atoms with Crippen molar-refractivity contribution in [1.29, 1.82) is 0 Å². The monoisotopic (exact) mass is 372 g/mol. The van der Waals surface area contributed by atoms with Crippen LogP contribution >= 0.6 is 0 Å². The minimum atomic E-state index is -3.42. The summed E-state index contributed by atoms with van der Waals surface area (Å²) in [6.45, 7) is 0.597. The zero-order chi connectivity index (χ0) is 18.7. The Morgan fingerprint density at radius 3 is 2.54 bits per heavy atom. The Kier molecular flexibility index (Phi) is 5.32. The molecule has 138 valence electrons. The second-order valence-corrected chi connectivity index (χ2v) is 8.87. The lowest BCUT2D eigenvalue weighted by molar-refractivity contribution is 0.0749. The Bertz CT molecular complexity index is 879. The number of hydrogen-bond donors (Lipinski definition) is 0. The maximum absolute atomic E-state index is 13.0. The van der Waals surface area contributed by atoms with Gasteiger partial charge in [0.15, 0.2) is 9.84 Å². The van der Waals surface area contributed by atoms with E-state index in [4.69, 9.17) is 0 Å². The Labute approximate surface area is 155 Å². The molecule has 1 aliphatic rings. The number of hydrogen-bond acceptors (Lipinski definition) is 4. The van der Waals surface area contributed by atoms with Crippen molar-refractivity contribution in [2.45, 2.75) is 23.8 Å². The summed E-state index contributed by atoms with van der Waals surface area (Å²) >= 11 is 0. The maximum atomic E-state index is 13.0. The fourth-order valence-corrected chi connectivity index (χ4v) is 4.95. The van der Waals surface area contributed by atoms with E-state index < -0.39 is 9.84 Å². The van der Waals surface area contributed by atoms with Crippen molar-refractivity contribution in [2.24, 2.45) is 0 Å². The summed E-state index contributed by atoms with van der Waals surface area (Å²) in [6, 6.07) is 15.6. The number of likely N-dealkylation sites (tertiary alicyclic amines) is 1. The van der Waals surface area contributed by atoms with Gasteiger partial charge in [-0.25, -0.2) is 8.42 Å². The molecule has 1 atom stereocenters. The molecule has 1 fully saturated rings. The molecule has 6 heteroatoms. The van der Waals surface area contributed by atoms with Gasteiger partial charge in [0, 0.05) is 37.9 Å². The highest BCUT2D eigenvalue weighted by molar-refractivity contribution is 7.91. The predicted octanol–water partition coefficient (Wildman–Crippen LogP) is 2.83. The molecule has 2 aromatic carbocycles. The van der Waals surface area contributed by atoms with Crippen LogP contribution in [0, 0.1) is 0 Å². The molecule has 1 heterocycles. The van der Waals surface area contributed by atoms with Crippen LogP contribution in [0.5, 0.6) is 0 Å². The topological polar surface area (TPSA) is 57.7 Å². The SMILES string of the molecule is CN(C)c1cccc(C(=O)N2CCCC2CS(=O)(=O)c2ccccc2)c1. The molecule has 0 aromatic heterocycles. The van der Waals surface area contributed by atoms with Crippen molar-refractivity contribution in [3.63, 3.8) is 0 Å². The summed E-state index contributed by atoms with van der Waals surface area (Å²) in [5.41, 5.74) is 1.55. The summed E-state index contributed by atoms with van der Waals surface area (Å²) in [5.74, 6) is -0.129. The lowest BCUT2D eigenvalue weighted by Gasteiger charge is -2.25. The minimum Gasteiger partial charge on any atom is -0.378 e. The Morgan fingerprint density at radius 1 is 1.12 bits per heavy atom. The van der Waals surface area contributed by atoms with E-state index in [0.717, 1.165) is 12.1 Å². The van der Waals surface area contributed by atoms with Crippen molar-refractivity contribution in [2.75, 3.05) is 31.3 Å². The highest BCUT2D eigenvalue weighted by atomic mass is 32.2. The Hall–Kier alpha value is -2.34. The van der Waals surface area contributed by atoms with Gasteiger partial charge in [0.1, 0.15) is 0 Å². The van der Waals surface area contributed by atoms with Crippen LogP contribution in [0.25, 0.3) is 0 Å². The lowest BCUT2D eigenvalue weighted by atomic mass is 10.1. The predicted molar refractivity (Wildman–Crippen MR) is 103 cm³/mol. The van der Waals surface area contributed by atoms with Crippen LogP contribution in [0.3, 0.4) is 0 Å². The number of rotatable bonds is 5. The molecule has 0 N–H and O–H groups in total. The summed E-state index contributed by atoms with van der Waals surface area (Å²) in [5, 5.41) is 0. The van der Waals surface area contributed by atoms with E-state index in [0.29, 0.717) is 23.4 Å². The Morgan fingerprint density at radius 2 is 1.85 bits per heavy atom. The van der Waals surface area contributed by atoms with Gasteiger partial charge in [-0.2, -0.15) is 0 Å². The number of carbonyl (C=O) groups is 1. The molecule has 1 aliphatic heterocycles. The highest BCUT2D eigenvalue weighted by Crippen LogP contribution is 2.25. The van der Waals surface area contributed by atoms with Crippen LogP contribution in [0.2, 0.25) is 0 Å². The van der Waals surface area contributed by atoms with Crippen molar-refractivity contribution >= 4 is 21.4 Å². The van der Waals surface area contributed by atoms with Gasteiger partial charge in [0.25, 0.3) is 5.91 Å². The number of amides is 1. The molecule has 1 amide bonds. The number of anilines is 1. The molecule has 0 saturated carbocycles. The summed E-state index contributed by atoms with van der Waals surface area (Å²) < 4.78 is 25.4. The molecule has 0 bridgehead atoms. The average molecular weight is 372 g/mol. The van der Waals surface area contributed by atoms with Crippen molar-refractivity contribution in [1.82, 2.24) is 4.90 Å². The molecule has 0 radical (unpaired) electrons. The minimum absolute atomic E-state index is 0.0316. The number of nitrogens with zero attached hydrogens (tertiary/aromatic N) is 2. The third-order valence-corrected chi connectivity index (χ3v) is 6.58. The molecule has 0 spiro atoms. The third kappa shape index (κ3) is 3.90. The van der Waals surface area contributed by atoms with Gasteiger partial charge in [0.05, 0.1) is 10.6 Å². The zero-order valence-electron chi connectivity index (χ0n) is 15.1. The molecule has 0 aliphatic carbocycles. The second kappa shape index (κ2) is 7.50. The van der Waals surface area contributed by atoms with Crippen molar-refractivity contribution in [3.8, 4) is 0 Å². The van der Waals surface area contributed by atoms with Gasteiger partial charge in [-0.15, -0.1) is 0 Å². The first-order valence-electron chi connectivity index (χ1n) is 8.74. The molecule has 1 saturated heterocycles. The molecular weight excluding hydrogens is 348 g/mol. The van der Waals surface area contributed by atoms with Gasteiger partial charge in [-0.05, 0) is 43.2 Å². The van der Waals surface area contributed by atoms with E-state index in [1.54, 1.807) is 41.3 Å². The van der Waals surface area contributed by atoms with E-state index in [2.05, 4.69) is 0 Å². The number of sulfone groups is 1. The smallest absolute Gasteiger partial charge is 0.254 e. The largest absolute Gasteiger partial charge is 0.378 e. The van der Waals surface area contributed by atoms with Crippen LogP contribution in [0.4, 0.5) is 5.69 Å². The van der Waals surface area contributed by atoms with Gasteiger partial charge in [-0.3, -0.25) is 4.79 Å². The fraction of sp³-hybridized carbons (Fsp3) is 0.350. The molecule has 1 unspecified atom stereocenters. The highest BCUT2D eigenvalue weighted by Gasteiger charge is 2.33. The first kappa shape index (κ1) is 18.5. The standard InChI is InChI=1S/C20H24N2O3S/c1-21(2)17-9-6-8-16(14-17)20(23)22-13-7-10-18(22)15-26(24,25)19-11-4-3-5-12-19/h3-6,8-9,11-12,14,18H,7,10,13,15H2,1-2H3.